The Kier molecular flexibility index (Phi) is 3.19. The predicted octanol–water partition coefficient (Wildman–Crippen LogP) is 2.85. The maximum atomic E-state index is 12.1. The van der Waals surface area contributed by atoms with Gasteiger partial charge in [-0.25, -0.2) is 4.79 Å². The molecule has 0 fully saturated rings. The third-order valence-corrected chi connectivity index (χ3v) is 4.17. The van der Waals surface area contributed by atoms with Crippen molar-refractivity contribution in [3.63, 3.8) is 0 Å². The van der Waals surface area contributed by atoms with E-state index in [2.05, 4.69) is 10.6 Å². The summed E-state index contributed by atoms with van der Waals surface area (Å²) >= 11 is 0. The minimum atomic E-state index is -0.210. The molecule has 2 heterocycles. The van der Waals surface area contributed by atoms with Crippen molar-refractivity contribution >= 4 is 11.7 Å². The average molecular weight is 308 g/mol. The average Bonchev–Trinajstić information content (AvgIpc) is 2.61. The summed E-state index contributed by atoms with van der Waals surface area (Å²) < 4.78 is 11.0. The summed E-state index contributed by atoms with van der Waals surface area (Å²) in [4.78, 5) is 12.1. The Bertz CT molecular complexity index is 796. The molecule has 116 valence electrons. The second kappa shape index (κ2) is 5.35. The number of methoxy groups -OCH3 is 1. The van der Waals surface area contributed by atoms with Crippen LogP contribution in [-0.2, 0) is 0 Å². The number of hydrogen-bond donors (Lipinski definition) is 2. The summed E-state index contributed by atoms with van der Waals surface area (Å²) in [6, 6.07) is 15.0. The summed E-state index contributed by atoms with van der Waals surface area (Å²) in [5.74, 6) is 1.58. The van der Waals surface area contributed by atoms with E-state index in [9.17, 15) is 4.79 Å². The molecule has 1 unspecified atom stereocenters. The van der Waals surface area contributed by atoms with E-state index in [-0.39, 0.29) is 12.1 Å². The minimum absolute atomic E-state index is 0.207. The van der Waals surface area contributed by atoms with Crippen molar-refractivity contribution in [3.8, 4) is 11.5 Å². The molecule has 5 heteroatoms. The van der Waals surface area contributed by atoms with Crippen LogP contribution >= 0.6 is 0 Å². The lowest BCUT2D eigenvalue weighted by Gasteiger charge is -2.34. The number of rotatable bonds is 2. The zero-order valence-corrected chi connectivity index (χ0v) is 12.6. The Labute approximate surface area is 133 Å². The molecule has 1 atom stereocenters. The van der Waals surface area contributed by atoms with Crippen LogP contribution in [-0.4, -0.2) is 19.7 Å². The third kappa shape index (κ3) is 2.30. The first-order chi connectivity index (χ1) is 11.3. The molecule has 2 aromatic carbocycles. The molecule has 0 spiro atoms. The molecule has 2 aliphatic rings. The van der Waals surface area contributed by atoms with Gasteiger partial charge in [0.25, 0.3) is 0 Å². The number of urea groups is 1. The largest absolute Gasteiger partial charge is 0.497 e. The van der Waals surface area contributed by atoms with Gasteiger partial charge in [-0.2, -0.15) is 0 Å². The zero-order chi connectivity index (χ0) is 15.8. The molecule has 5 nitrogen and oxygen atoms in total. The maximum Gasteiger partial charge on any atom is 0.320 e. The normalized spacial score (nSPS) is 19.0. The number of fused-ring (bicyclic) bond motifs is 2. The number of amides is 2. The summed E-state index contributed by atoms with van der Waals surface area (Å²) in [6.45, 7) is 0.441. The van der Waals surface area contributed by atoms with Crippen LogP contribution in [0.2, 0.25) is 0 Å². The highest BCUT2D eigenvalue weighted by molar-refractivity contribution is 5.92. The smallest absolute Gasteiger partial charge is 0.320 e. The SMILES string of the molecule is COc1ccc(C2NC(=O)NC3=C2COc2ccccc23)cc1. The highest BCUT2D eigenvalue weighted by Crippen LogP contribution is 2.38. The van der Waals surface area contributed by atoms with Gasteiger partial charge >= 0.3 is 6.03 Å². The molecule has 4 rings (SSSR count). The van der Waals surface area contributed by atoms with Crippen LogP contribution in [0.5, 0.6) is 11.5 Å². The van der Waals surface area contributed by atoms with Crippen LogP contribution in [0.1, 0.15) is 17.2 Å². The van der Waals surface area contributed by atoms with E-state index in [4.69, 9.17) is 9.47 Å². The fraction of sp³-hybridized carbons (Fsp3) is 0.167. The first kappa shape index (κ1) is 13.7. The molecule has 0 aliphatic carbocycles. The fourth-order valence-electron chi connectivity index (χ4n) is 3.02. The van der Waals surface area contributed by atoms with E-state index in [0.29, 0.717) is 6.61 Å². The van der Waals surface area contributed by atoms with Gasteiger partial charge in [0.2, 0.25) is 0 Å². The first-order valence-electron chi connectivity index (χ1n) is 7.43. The van der Waals surface area contributed by atoms with Gasteiger partial charge in [-0.05, 0) is 29.8 Å². The Hall–Kier alpha value is -2.95. The molecule has 2 amide bonds. The molecule has 0 aromatic heterocycles. The van der Waals surface area contributed by atoms with Gasteiger partial charge in [0.15, 0.2) is 0 Å². The second-order valence-corrected chi connectivity index (χ2v) is 5.49. The van der Waals surface area contributed by atoms with E-state index in [1.807, 2.05) is 48.5 Å². The van der Waals surface area contributed by atoms with Crippen molar-refractivity contribution < 1.29 is 14.3 Å². The number of carbonyl (C=O) groups excluding carboxylic acids is 1. The summed E-state index contributed by atoms with van der Waals surface area (Å²) in [5.41, 5.74) is 3.78. The van der Waals surface area contributed by atoms with Crippen molar-refractivity contribution in [2.75, 3.05) is 13.7 Å². The van der Waals surface area contributed by atoms with Crippen molar-refractivity contribution in [1.29, 1.82) is 0 Å². The number of nitrogens with one attached hydrogen (secondary N) is 2. The summed E-state index contributed by atoms with van der Waals surface area (Å²) in [5, 5.41) is 5.89. The lowest BCUT2D eigenvalue weighted by molar-refractivity contribution is 0.237. The van der Waals surface area contributed by atoms with E-state index in [1.165, 1.54) is 0 Å². The summed E-state index contributed by atoms with van der Waals surface area (Å²) in [6.07, 6.45) is 0. The molecule has 0 bridgehead atoms. The molecule has 0 saturated carbocycles. The van der Waals surface area contributed by atoms with Crippen LogP contribution in [0, 0.1) is 0 Å². The molecule has 23 heavy (non-hydrogen) atoms. The van der Waals surface area contributed by atoms with Crippen molar-refractivity contribution in [3.05, 3.63) is 65.2 Å². The molecule has 2 N–H and O–H groups in total. The quantitative estimate of drug-likeness (QED) is 0.897. The number of para-hydroxylation sites is 1. The van der Waals surface area contributed by atoms with Crippen molar-refractivity contribution in [2.24, 2.45) is 0 Å². The highest BCUT2D eigenvalue weighted by atomic mass is 16.5. The standard InChI is InChI=1S/C18H16N2O3/c1-22-12-8-6-11(7-9-12)16-14-10-23-15-5-3-2-4-13(15)17(14)20-18(21)19-16/h2-9,16H,10H2,1H3,(H2,19,20,21). The number of hydrogen-bond acceptors (Lipinski definition) is 3. The molecule has 2 aromatic rings. The molecule has 0 radical (unpaired) electrons. The lowest BCUT2D eigenvalue weighted by Crippen LogP contribution is -2.45. The van der Waals surface area contributed by atoms with Crippen molar-refractivity contribution in [1.82, 2.24) is 10.6 Å². The third-order valence-electron chi connectivity index (χ3n) is 4.17. The van der Waals surface area contributed by atoms with Crippen LogP contribution in [0.15, 0.2) is 54.1 Å². The van der Waals surface area contributed by atoms with Gasteiger partial charge in [0.05, 0.1) is 18.8 Å². The summed E-state index contributed by atoms with van der Waals surface area (Å²) in [7, 11) is 1.63. The van der Waals surface area contributed by atoms with Gasteiger partial charge in [-0.3, -0.25) is 0 Å². The van der Waals surface area contributed by atoms with E-state index < -0.39 is 0 Å². The second-order valence-electron chi connectivity index (χ2n) is 5.49. The number of carbonyl (C=O) groups is 1. The highest BCUT2D eigenvalue weighted by Gasteiger charge is 2.32. The molecular formula is C18H16N2O3. The predicted molar refractivity (Wildman–Crippen MR) is 86.3 cm³/mol. The molecular weight excluding hydrogens is 292 g/mol. The van der Waals surface area contributed by atoms with Gasteiger partial charge < -0.3 is 20.1 Å². The van der Waals surface area contributed by atoms with Crippen LogP contribution < -0.4 is 20.1 Å². The lowest BCUT2D eigenvalue weighted by atomic mass is 9.91. The van der Waals surface area contributed by atoms with Crippen LogP contribution in [0.4, 0.5) is 4.79 Å². The van der Waals surface area contributed by atoms with E-state index in [1.54, 1.807) is 7.11 Å². The Balaban J connectivity index is 1.80. The van der Waals surface area contributed by atoms with E-state index in [0.717, 1.165) is 33.9 Å². The van der Waals surface area contributed by atoms with Gasteiger partial charge in [0, 0.05) is 11.1 Å². The fourth-order valence-corrected chi connectivity index (χ4v) is 3.02. The van der Waals surface area contributed by atoms with Crippen LogP contribution in [0.25, 0.3) is 5.70 Å². The Morgan fingerprint density at radius 1 is 1.13 bits per heavy atom. The monoisotopic (exact) mass is 308 g/mol. The van der Waals surface area contributed by atoms with Gasteiger partial charge in [-0.1, -0.05) is 24.3 Å². The molecule has 0 saturated heterocycles. The Morgan fingerprint density at radius 2 is 1.91 bits per heavy atom. The van der Waals surface area contributed by atoms with Crippen molar-refractivity contribution in [2.45, 2.75) is 6.04 Å². The van der Waals surface area contributed by atoms with Crippen LogP contribution in [0.3, 0.4) is 0 Å². The topological polar surface area (TPSA) is 59.6 Å². The maximum absolute atomic E-state index is 12.1. The Morgan fingerprint density at radius 3 is 2.70 bits per heavy atom. The number of ether oxygens (including phenoxy) is 2. The minimum Gasteiger partial charge on any atom is -0.497 e. The number of benzene rings is 2. The van der Waals surface area contributed by atoms with Gasteiger partial charge in [0.1, 0.15) is 18.1 Å². The first-order valence-corrected chi connectivity index (χ1v) is 7.43. The van der Waals surface area contributed by atoms with E-state index >= 15 is 0 Å². The zero-order valence-electron chi connectivity index (χ0n) is 12.6. The van der Waals surface area contributed by atoms with Gasteiger partial charge in [-0.15, -0.1) is 0 Å². The molecule has 2 aliphatic heterocycles.